The van der Waals surface area contributed by atoms with Gasteiger partial charge in [0.25, 0.3) is 0 Å². The van der Waals surface area contributed by atoms with Gasteiger partial charge in [-0.3, -0.25) is 9.59 Å². The van der Waals surface area contributed by atoms with Crippen molar-refractivity contribution in [2.45, 2.75) is 32.6 Å². The van der Waals surface area contributed by atoms with Crippen LogP contribution in [-0.2, 0) is 9.59 Å². The molecule has 0 radical (unpaired) electrons. The Kier molecular flexibility index (Phi) is 3.51. The fourth-order valence-electron chi connectivity index (χ4n) is 5.12. The smallest absolute Gasteiger partial charge is 0.230 e. The number of likely N-dealkylation sites (tertiary alicyclic amines) is 1. The van der Waals surface area contributed by atoms with Gasteiger partial charge in [-0.05, 0) is 50.1 Å². The molecule has 2 atom stereocenters. The van der Waals surface area contributed by atoms with Crippen molar-refractivity contribution in [1.82, 2.24) is 15.1 Å². The third-order valence-corrected chi connectivity index (χ3v) is 6.23. The molecule has 118 valence electrons. The van der Waals surface area contributed by atoms with E-state index in [4.69, 9.17) is 0 Å². The van der Waals surface area contributed by atoms with Crippen LogP contribution in [0, 0.1) is 16.7 Å². The number of amides is 2. The molecule has 2 heterocycles. The zero-order chi connectivity index (χ0) is 15.3. The van der Waals surface area contributed by atoms with Gasteiger partial charge in [-0.15, -0.1) is 0 Å². The van der Waals surface area contributed by atoms with E-state index in [0.717, 1.165) is 45.3 Å². The zero-order valence-electron chi connectivity index (χ0n) is 13.4. The molecule has 5 nitrogen and oxygen atoms in total. The third-order valence-electron chi connectivity index (χ3n) is 6.23. The average Bonchev–Trinajstić information content (AvgIpc) is 2.98. The molecule has 5 heteroatoms. The highest BCUT2D eigenvalue weighted by Gasteiger charge is 2.64. The largest absolute Gasteiger partial charge is 0.348 e. The normalized spacial score (nSPS) is 34.0. The predicted molar refractivity (Wildman–Crippen MR) is 80.6 cm³/mol. The molecule has 3 fully saturated rings. The second-order valence-corrected chi connectivity index (χ2v) is 7.42. The van der Waals surface area contributed by atoms with Crippen molar-refractivity contribution in [2.24, 2.45) is 16.7 Å². The van der Waals surface area contributed by atoms with E-state index in [0.29, 0.717) is 12.5 Å². The van der Waals surface area contributed by atoms with Crippen LogP contribution >= 0.6 is 0 Å². The summed E-state index contributed by atoms with van der Waals surface area (Å²) in [4.78, 5) is 28.4. The Morgan fingerprint density at radius 2 is 1.81 bits per heavy atom. The molecule has 0 bridgehead atoms. The van der Waals surface area contributed by atoms with E-state index in [9.17, 15) is 9.59 Å². The number of nitrogens with one attached hydrogen (secondary N) is 1. The minimum Gasteiger partial charge on any atom is -0.348 e. The van der Waals surface area contributed by atoms with Crippen LogP contribution in [0.4, 0.5) is 0 Å². The van der Waals surface area contributed by atoms with Crippen molar-refractivity contribution in [3.05, 3.63) is 0 Å². The topological polar surface area (TPSA) is 52.7 Å². The molecule has 1 saturated carbocycles. The summed E-state index contributed by atoms with van der Waals surface area (Å²) >= 11 is 0. The molecule has 0 aromatic carbocycles. The third kappa shape index (κ3) is 2.08. The van der Waals surface area contributed by atoms with Crippen molar-refractivity contribution >= 4 is 11.8 Å². The summed E-state index contributed by atoms with van der Waals surface area (Å²) in [7, 11) is 3.69. The van der Waals surface area contributed by atoms with Gasteiger partial charge in [0.15, 0.2) is 0 Å². The first-order valence-electron chi connectivity index (χ1n) is 8.09. The van der Waals surface area contributed by atoms with E-state index in [1.54, 1.807) is 11.8 Å². The fraction of sp³-hybridized carbons (Fsp3) is 0.875. The van der Waals surface area contributed by atoms with E-state index in [1.807, 2.05) is 19.0 Å². The number of rotatable bonds is 1. The van der Waals surface area contributed by atoms with Gasteiger partial charge in [-0.1, -0.05) is 0 Å². The van der Waals surface area contributed by atoms with Gasteiger partial charge < -0.3 is 15.1 Å². The van der Waals surface area contributed by atoms with Crippen molar-refractivity contribution in [3.8, 4) is 0 Å². The first-order chi connectivity index (χ1) is 9.91. The monoisotopic (exact) mass is 293 g/mol. The minimum absolute atomic E-state index is 0.111. The van der Waals surface area contributed by atoms with Crippen LogP contribution < -0.4 is 5.32 Å². The Morgan fingerprint density at radius 1 is 1.14 bits per heavy atom. The number of nitrogens with zero attached hydrogens (tertiary/aromatic N) is 2. The van der Waals surface area contributed by atoms with Crippen LogP contribution in [0.3, 0.4) is 0 Å². The Labute approximate surface area is 127 Å². The summed E-state index contributed by atoms with van der Waals surface area (Å²) in [5, 5.41) is 3.44. The Hall–Kier alpha value is -1.10. The van der Waals surface area contributed by atoms with Gasteiger partial charge in [0.05, 0.1) is 5.41 Å². The van der Waals surface area contributed by atoms with Crippen LogP contribution in [0.2, 0.25) is 0 Å². The molecule has 0 unspecified atom stereocenters. The van der Waals surface area contributed by atoms with E-state index in [1.165, 1.54) is 0 Å². The number of hydrogen-bond acceptors (Lipinski definition) is 3. The zero-order valence-corrected chi connectivity index (χ0v) is 13.4. The molecule has 0 aromatic rings. The van der Waals surface area contributed by atoms with Gasteiger partial charge in [-0.25, -0.2) is 0 Å². The van der Waals surface area contributed by atoms with Crippen LogP contribution in [0.1, 0.15) is 32.6 Å². The molecule has 1 spiro atoms. The molecule has 3 aliphatic rings. The average molecular weight is 293 g/mol. The van der Waals surface area contributed by atoms with Crippen molar-refractivity contribution < 1.29 is 9.59 Å². The molecular weight excluding hydrogens is 266 g/mol. The summed E-state index contributed by atoms with van der Waals surface area (Å²) < 4.78 is 0. The predicted octanol–water partition coefficient (Wildman–Crippen LogP) is 0.703. The van der Waals surface area contributed by atoms with Gasteiger partial charge in [-0.2, -0.15) is 0 Å². The van der Waals surface area contributed by atoms with Gasteiger partial charge >= 0.3 is 0 Å². The maximum absolute atomic E-state index is 12.9. The number of hydrogen-bond donors (Lipinski definition) is 1. The quantitative estimate of drug-likeness (QED) is 0.774. The lowest BCUT2D eigenvalue weighted by atomic mass is 9.66. The van der Waals surface area contributed by atoms with Crippen molar-refractivity contribution in [3.63, 3.8) is 0 Å². The summed E-state index contributed by atoms with van der Waals surface area (Å²) in [5.74, 6) is 0.678. The lowest BCUT2D eigenvalue weighted by Crippen LogP contribution is -2.48. The SMILES string of the molecule is CC(=O)N1C[C@H]2C3(CCNCC3)CC[C@@]2(C(=O)N(C)C)C1. The Balaban J connectivity index is 1.96. The molecule has 2 saturated heterocycles. The lowest BCUT2D eigenvalue weighted by Gasteiger charge is -2.41. The summed E-state index contributed by atoms with van der Waals surface area (Å²) in [6, 6.07) is 0. The van der Waals surface area contributed by atoms with E-state index < -0.39 is 0 Å². The molecule has 21 heavy (non-hydrogen) atoms. The number of carbonyl (C=O) groups excluding carboxylic acids is 2. The number of fused-ring (bicyclic) bond motifs is 2. The molecule has 2 amide bonds. The highest BCUT2D eigenvalue weighted by Crippen LogP contribution is 2.61. The van der Waals surface area contributed by atoms with Crippen LogP contribution in [0.15, 0.2) is 0 Å². The highest BCUT2D eigenvalue weighted by atomic mass is 16.2. The molecule has 3 rings (SSSR count). The van der Waals surface area contributed by atoms with Gasteiger partial charge in [0.2, 0.25) is 11.8 Å². The van der Waals surface area contributed by atoms with E-state index in [-0.39, 0.29) is 22.6 Å². The Morgan fingerprint density at radius 3 is 2.38 bits per heavy atom. The summed E-state index contributed by atoms with van der Waals surface area (Å²) in [6.45, 7) is 5.11. The van der Waals surface area contributed by atoms with Crippen LogP contribution in [-0.4, -0.2) is 61.9 Å². The standard InChI is InChI=1S/C16H27N3O2/c1-12(20)19-10-13-15(6-8-17-9-7-15)4-5-16(13,11-19)14(21)18(2)3/h13,17H,4-11H2,1-3H3/t13-,16+/m0/s1. The maximum atomic E-state index is 12.9. The highest BCUT2D eigenvalue weighted by molar-refractivity contribution is 5.85. The number of carbonyl (C=O) groups is 2. The van der Waals surface area contributed by atoms with E-state index >= 15 is 0 Å². The van der Waals surface area contributed by atoms with Crippen molar-refractivity contribution in [1.29, 1.82) is 0 Å². The summed E-state index contributed by atoms with van der Waals surface area (Å²) in [6.07, 6.45) is 4.38. The molecule has 1 N–H and O–H groups in total. The number of piperidine rings is 1. The minimum atomic E-state index is -0.327. The first kappa shape index (κ1) is 14.8. The lowest BCUT2D eigenvalue weighted by molar-refractivity contribution is -0.141. The Bertz CT molecular complexity index is 456. The second kappa shape index (κ2) is 4.97. The maximum Gasteiger partial charge on any atom is 0.230 e. The second-order valence-electron chi connectivity index (χ2n) is 7.42. The molecule has 2 aliphatic heterocycles. The van der Waals surface area contributed by atoms with Crippen LogP contribution in [0.5, 0.6) is 0 Å². The molecule has 0 aromatic heterocycles. The van der Waals surface area contributed by atoms with E-state index in [2.05, 4.69) is 5.32 Å². The summed E-state index contributed by atoms with van der Waals surface area (Å²) in [5.41, 5.74) is -0.0619. The van der Waals surface area contributed by atoms with Gasteiger partial charge in [0, 0.05) is 34.1 Å². The van der Waals surface area contributed by atoms with Gasteiger partial charge in [0.1, 0.15) is 0 Å². The molecule has 1 aliphatic carbocycles. The van der Waals surface area contributed by atoms with Crippen LogP contribution in [0.25, 0.3) is 0 Å². The first-order valence-corrected chi connectivity index (χ1v) is 8.09. The fourth-order valence-corrected chi connectivity index (χ4v) is 5.12. The van der Waals surface area contributed by atoms with Crippen molar-refractivity contribution in [2.75, 3.05) is 40.3 Å². The molecular formula is C16H27N3O2.